The van der Waals surface area contributed by atoms with Crippen LogP contribution in [0, 0.1) is 0 Å². The van der Waals surface area contributed by atoms with Crippen LogP contribution in [0.1, 0.15) is 42.3 Å². The Kier molecular flexibility index (Phi) is 8.93. The first-order valence-corrected chi connectivity index (χ1v) is 14.0. The second kappa shape index (κ2) is 11.5. The Morgan fingerprint density at radius 2 is 1.61 bits per heavy atom. The Morgan fingerprint density at radius 3 is 2.19 bits per heavy atom. The lowest BCUT2D eigenvalue weighted by Crippen LogP contribution is -2.30. The van der Waals surface area contributed by atoms with Gasteiger partial charge in [-0.15, -0.1) is 0 Å². The van der Waals surface area contributed by atoms with Gasteiger partial charge in [0.1, 0.15) is 12.4 Å². The molecule has 0 fully saturated rings. The van der Waals surface area contributed by atoms with Gasteiger partial charge in [-0.05, 0) is 52.9 Å². The average molecular weight is 550 g/mol. The number of halogens is 2. The zero-order valence-corrected chi connectivity index (χ0v) is 23.0. The Hall–Kier alpha value is -2.74. The molecule has 1 N–H and O–H groups in total. The van der Waals surface area contributed by atoms with Crippen molar-refractivity contribution in [3.05, 3.63) is 93.5 Å². The number of amides is 1. The number of ether oxygens (including phenoxy) is 1. The number of nitrogens with one attached hydrogen (secondary N) is 1. The number of nitrogens with zero attached hydrogens (tertiary/aromatic N) is 1. The van der Waals surface area contributed by atoms with Crippen LogP contribution >= 0.6 is 23.2 Å². The third-order valence-electron chi connectivity index (χ3n) is 5.52. The standard InChI is InChI=1S/C27H30Cl2N2O4S/c1-27(2,3)21-12-14-22(15-13-21)35-17-16-30-26(32)20-10-8-19(9-11-20)18-31(36(4,33)34)24-7-5-6-23(28)25(24)29/h5-15H,16-18H2,1-4H3,(H,30,32). The summed E-state index contributed by atoms with van der Waals surface area (Å²) in [6, 6.07) is 19.5. The highest BCUT2D eigenvalue weighted by molar-refractivity contribution is 7.92. The monoisotopic (exact) mass is 548 g/mol. The van der Waals surface area contributed by atoms with Crippen LogP contribution in [0.3, 0.4) is 0 Å². The van der Waals surface area contributed by atoms with E-state index < -0.39 is 10.0 Å². The first-order chi connectivity index (χ1) is 16.9. The first-order valence-electron chi connectivity index (χ1n) is 11.4. The van der Waals surface area contributed by atoms with Gasteiger partial charge in [0.05, 0.1) is 35.1 Å². The Morgan fingerprint density at radius 1 is 0.972 bits per heavy atom. The van der Waals surface area contributed by atoms with Gasteiger partial charge >= 0.3 is 0 Å². The predicted octanol–water partition coefficient (Wildman–Crippen LogP) is 6.07. The highest BCUT2D eigenvalue weighted by atomic mass is 35.5. The van der Waals surface area contributed by atoms with Crippen molar-refractivity contribution in [2.24, 2.45) is 0 Å². The Balaban J connectivity index is 1.56. The van der Waals surface area contributed by atoms with Crippen LogP contribution in [0.2, 0.25) is 10.0 Å². The van der Waals surface area contributed by atoms with Crippen molar-refractivity contribution in [1.82, 2.24) is 5.32 Å². The molecule has 0 saturated heterocycles. The zero-order valence-electron chi connectivity index (χ0n) is 20.7. The van der Waals surface area contributed by atoms with Crippen LogP contribution in [-0.2, 0) is 22.0 Å². The van der Waals surface area contributed by atoms with Crippen LogP contribution in [-0.4, -0.2) is 33.7 Å². The van der Waals surface area contributed by atoms with Gasteiger partial charge in [-0.3, -0.25) is 9.10 Å². The van der Waals surface area contributed by atoms with Crippen LogP contribution < -0.4 is 14.4 Å². The van der Waals surface area contributed by atoms with E-state index in [1.807, 2.05) is 24.3 Å². The third kappa shape index (κ3) is 7.38. The van der Waals surface area contributed by atoms with Gasteiger partial charge in [0.2, 0.25) is 10.0 Å². The van der Waals surface area contributed by atoms with E-state index in [4.69, 9.17) is 27.9 Å². The number of sulfonamides is 1. The Labute approximate surface area is 223 Å². The molecule has 0 bridgehead atoms. The molecule has 192 valence electrons. The normalized spacial score (nSPS) is 11.7. The number of carbonyl (C=O) groups excluding carboxylic acids is 1. The molecule has 36 heavy (non-hydrogen) atoms. The second-order valence-electron chi connectivity index (χ2n) is 9.42. The molecule has 0 aromatic heterocycles. The van der Waals surface area contributed by atoms with Crippen LogP contribution in [0.5, 0.6) is 5.75 Å². The van der Waals surface area contributed by atoms with Crippen molar-refractivity contribution in [2.75, 3.05) is 23.7 Å². The summed E-state index contributed by atoms with van der Waals surface area (Å²) in [4.78, 5) is 12.5. The minimum Gasteiger partial charge on any atom is -0.492 e. The molecule has 0 spiro atoms. The maximum atomic E-state index is 12.5. The van der Waals surface area contributed by atoms with E-state index in [0.717, 1.165) is 12.0 Å². The minimum absolute atomic E-state index is 0.0443. The zero-order chi connectivity index (χ0) is 26.5. The number of anilines is 1. The lowest BCUT2D eigenvalue weighted by Gasteiger charge is -2.24. The molecule has 3 rings (SSSR count). The molecule has 0 aliphatic carbocycles. The van der Waals surface area contributed by atoms with E-state index >= 15 is 0 Å². The van der Waals surface area contributed by atoms with Crippen LogP contribution in [0.25, 0.3) is 0 Å². The summed E-state index contributed by atoms with van der Waals surface area (Å²) in [6.45, 7) is 7.19. The van der Waals surface area contributed by atoms with Crippen LogP contribution in [0.15, 0.2) is 66.7 Å². The smallest absolute Gasteiger partial charge is 0.251 e. The first kappa shape index (κ1) is 27.8. The second-order valence-corrected chi connectivity index (χ2v) is 12.1. The van der Waals surface area contributed by atoms with Gasteiger partial charge < -0.3 is 10.1 Å². The van der Waals surface area contributed by atoms with Gasteiger partial charge in [-0.1, -0.05) is 74.3 Å². The number of hydrogen-bond donors (Lipinski definition) is 1. The summed E-state index contributed by atoms with van der Waals surface area (Å²) < 4.78 is 31.8. The van der Waals surface area contributed by atoms with Gasteiger partial charge in [0.25, 0.3) is 5.91 Å². The van der Waals surface area contributed by atoms with Gasteiger partial charge in [0.15, 0.2) is 0 Å². The molecule has 3 aromatic rings. The summed E-state index contributed by atoms with van der Waals surface area (Å²) in [5.41, 5.74) is 2.74. The molecule has 3 aromatic carbocycles. The van der Waals surface area contributed by atoms with Crippen molar-refractivity contribution < 1.29 is 17.9 Å². The lowest BCUT2D eigenvalue weighted by atomic mass is 9.87. The molecule has 9 heteroatoms. The van der Waals surface area contributed by atoms with E-state index in [1.54, 1.807) is 42.5 Å². The summed E-state index contributed by atoms with van der Waals surface area (Å²) in [5, 5.41) is 3.25. The highest BCUT2D eigenvalue weighted by Crippen LogP contribution is 2.34. The van der Waals surface area contributed by atoms with Crippen LogP contribution in [0.4, 0.5) is 5.69 Å². The molecule has 0 aliphatic heterocycles. The van der Waals surface area contributed by atoms with E-state index in [9.17, 15) is 13.2 Å². The van der Waals surface area contributed by atoms with Crippen molar-refractivity contribution in [3.63, 3.8) is 0 Å². The molecule has 0 radical (unpaired) electrons. The van der Waals surface area contributed by atoms with E-state index in [2.05, 4.69) is 26.1 Å². The third-order valence-corrected chi connectivity index (χ3v) is 7.45. The minimum atomic E-state index is -3.63. The summed E-state index contributed by atoms with van der Waals surface area (Å²) in [6.07, 6.45) is 1.10. The fourth-order valence-corrected chi connectivity index (χ4v) is 4.82. The maximum Gasteiger partial charge on any atom is 0.251 e. The summed E-state index contributed by atoms with van der Waals surface area (Å²) in [7, 11) is -3.63. The molecule has 6 nitrogen and oxygen atoms in total. The van der Waals surface area contributed by atoms with Crippen molar-refractivity contribution >= 4 is 44.8 Å². The quantitative estimate of drug-likeness (QED) is 0.329. The molecule has 0 aliphatic rings. The highest BCUT2D eigenvalue weighted by Gasteiger charge is 2.21. The van der Waals surface area contributed by atoms with Crippen molar-refractivity contribution in [2.45, 2.75) is 32.7 Å². The number of hydrogen-bond acceptors (Lipinski definition) is 4. The van der Waals surface area contributed by atoms with E-state index in [0.29, 0.717) is 30.0 Å². The fraction of sp³-hybridized carbons (Fsp3) is 0.296. The van der Waals surface area contributed by atoms with Gasteiger partial charge in [-0.2, -0.15) is 0 Å². The van der Waals surface area contributed by atoms with E-state index in [-0.39, 0.29) is 27.9 Å². The molecule has 0 saturated carbocycles. The Bertz CT molecular complexity index is 1300. The van der Waals surface area contributed by atoms with E-state index in [1.165, 1.54) is 9.87 Å². The van der Waals surface area contributed by atoms with Gasteiger partial charge in [0, 0.05) is 5.56 Å². The summed E-state index contributed by atoms with van der Waals surface area (Å²) in [5.74, 6) is 0.503. The largest absolute Gasteiger partial charge is 0.492 e. The molecule has 0 atom stereocenters. The number of carbonyl (C=O) groups is 1. The molecule has 0 unspecified atom stereocenters. The topological polar surface area (TPSA) is 75.7 Å². The van der Waals surface area contributed by atoms with Crippen molar-refractivity contribution in [3.8, 4) is 5.75 Å². The summed E-state index contributed by atoms with van der Waals surface area (Å²) >= 11 is 12.3. The molecular formula is C27H30Cl2N2O4S. The predicted molar refractivity (Wildman–Crippen MR) is 147 cm³/mol. The number of rotatable bonds is 9. The fourth-order valence-electron chi connectivity index (χ4n) is 3.48. The molecule has 1 amide bonds. The number of benzene rings is 3. The SMILES string of the molecule is CC(C)(C)c1ccc(OCCNC(=O)c2ccc(CN(c3cccc(Cl)c3Cl)S(C)(=O)=O)cc2)cc1. The lowest BCUT2D eigenvalue weighted by molar-refractivity contribution is 0.0947. The average Bonchev–Trinajstić information content (AvgIpc) is 2.81. The van der Waals surface area contributed by atoms with Gasteiger partial charge in [-0.25, -0.2) is 8.42 Å². The molecular weight excluding hydrogens is 519 g/mol. The maximum absolute atomic E-state index is 12.5. The van der Waals surface area contributed by atoms with Crippen molar-refractivity contribution in [1.29, 1.82) is 0 Å². The molecule has 0 heterocycles.